The molecule has 0 amide bonds. The third kappa shape index (κ3) is 1.98. The fraction of sp³-hybridized carbons (Fsp3) is 0.400. The lowest BCUT2D eigenvalue weighted by Gasteiger charge is -2.13. The van der Waals surface area contributed by atoms with Crippen molar-refractivity contribution in [2.75, 3.05) is 7.05 Å². The smallest absolute Gasteiger partial charge is 0.126 e. The second-order valence-electron chi connectivity index (χ2n) is 3.17. The van der Waals surface area contributed by atoms with Crippen molar-refractivity contribution in [3.05, 3.63) is 29.1 Å². The second kappa shape index (κ2) is 3.75. The van der Waals surface area contributed by atoms with Gasteiger partial charge in [-0.25, -0.2) is 4.39 Å². The highest BCUT2D eigenvalue weighted by molar-refractivity contribution is 5.38. The molecule has 72 valence electrons. The van der Waals surface area contributed by atoms with Gasteiger partial charge < -0.3 is 10.4 Å². The Morgan fingerprint density at radius 2 is 2.08 bits per heavy atom. The average molecular weight is 183 g/mol. The Morgan fingerprint density at radius 3 is 2.62 bits per heavy atom. The van der Waals surface area contributed by atoms with Gasteiger partial charge in [-0.05, 0) is 38.6 Å². The molecule has 3 heteroatoms. The number of phenols is 1. The van der Waals surface area contributed by atoms with Gasteiger partial charge in [-0.15, -0.1) is 0 Å². The Morgan fingerprint density at radius 1 is 1.46 bits per heavy atom. The molecule has 0 aliphatic heterocycles. The highest BCUT2D eigenvalue weighted by Gasteiger charge is 2.11. The summed E-state index contributed by atoms with van der Waals surface area (Å²) in [4.78, 5) is 0. The lowest BCUT2D eigenvalue weighted by molar-refractivity contribution is 0.453. The number of benzene rings is 1. The first-order valence-corrected chi connectivity index (χ1v) is 4.22. The van der Waals surface area contributed by atoms with Crippen molar-refractivity contribution in [1.82, 2.24) is 5.32 Å². The van der Waals surface area contributed by atoms with E-state index in [2.05, 4.69) is 5.32 Å². The van der Waals surface area contributed by atoms with Crippen molar-refractivity contribution in [1.29, 1.82) is 0 Å². The normalized spacial score (nSPS) is 12.9. The average Bonchev–Trinajstić information content (AvgIpc) is 2.10. The van der Waals surface area contributed by atoms with Crippen molar-refractivity contribution < 1.29 is 9.50 Å². The van der Waals surface area contributed by atoms with Gasteiger partial charge >= 0.3 is 0 Å². The quantitative estimate of drug-likeness (QED) is 0.736. The Balaban J connectivity index is 3.15. The molecule has 0 aliphatic rings. The number of hydrogen-bond donors (Lipinski definition) is 2. The summed E-state index contributed by atoms with van der Waals surface area (Å²) in [6.45, 7) is 3.49. The van der Waals surface area contributed by atoms with Gasteiger partial charge in [0.05, 0.1) is 0 Å². The highest BCUT2D eigenvalue weighted by Crippen LogP contribution is 2.26. The van der Waals surface area contributed by atoms with Gasteiger partial charge in [0, 0.05) is 11.6 Å². The summed E-state index contributed by atoms with van der Waals surface area (Å²) in [6.07, 6.45) is 0. The molecule has 0 radical (unpaired) electrons. The number of aryl methyl sites for hydroxylation is 1. The Bertz CT molecular complexity index is 312. The van der Waals surface area contributed by atoms with Gasteiger partial charge in [-0.2, -0.15) is 0 Å². The molecule has 13 heavy (non-hydrogen) atoms. The van der Waals surface area contributed by atoms with Crippen LogP contribution < -0.4 is 5.32 Å². The van der Waals surface area contributed by atoms with Crippen LogP contribution in [-0.2, 0) is 0 Å². The minimum atomic E-state index is -0.282. The minimum Gasteiger partial charge on any atom is -0.508 e. The van der Waals surface area contributed by atoms with Crippen LogP contribution in [0.3, 0.4) is 0 Å². The molecule has 0 aliphatic carbocycles. The van der Waals surface area contributed by atoms with Crippen molar-refractivity contribution in [2.45, 2.75) is 19.9 Å². The van der Waals surface area contributed by atoms with Gasteiger partial charge in [0.15, 0.2) is 0 Å². The molecule has 0 fully saturated rings. The molecule has 0 aromatic heterocycles. The molecule has 1 atom stereocenters. The molecule has 0 bridgehead atoms. The Hall–Kier alpha value is -1.09. The van der Waals surface area contributed by atoms with Crippen LogP contribution in [0.2, 0.25) is 0 Å². The summed E-state index contributed by atoms with van der Waals surface area (Å²) < 4.78 is 13.1. The van der Waals surface area contributed by atoms with Gasteiger partial charge in [0.25, 0.3) is 0 Å². The number of hydrogen-bond acceptors (Lipinski definition) is 2. The molecule has 1 rings (SSSR count). The monoisotopic (exact) mass is 183 g/mol. The maximum atomic E-state index is 13.1. The summed E-state index contributed by atoms with van der Waals surface area (Å²) >= 11 is 0. The largest absolute Gasteiger partial charge is 0.508 e. The van der Waals surface area contributed by atoms with E-state index >= 15 is 0 Å². The van der Waals surface area contributed by atoms with E-state index in [1.54, 1.807) is 14.0 Å². The summed E-state index contributed by atoms with van der Waals surface area (Å²) in [6, 6.07) is 2.76. The molecule has 1 aromatic rings. The standard InChI is InChI=1S/C10H14FNO/c1-6-4-10(13)8(5-9(6)11)7(2)12-3/h4-5,7,12-13H,1-3H3. The maximum Gasteiger partial charge on any atom is 0.126 e. The SMILES string of the molecule is CNC(C)c1cc(F)c(C)cc1O. The van der Waals surface area contributed by atoms with E-state index in [9.17, 15) is 9.50 Å². The zero-order chi connectivity index (χ0) is 10.0. The summed E-state index contributed by atoms with van der Waals surface area (Å²) in [5, 5.41) is 12.5. The lowest BCUT2D eigenvalue weighted by atomic mass is 10.0. The number of phenolic OH excluding ortho intramolecular Hbond substituents is 1. The van der Waals surface area contributed by atoms with E-state index < -0.39 is 0 Å². The van der Waals surface area contributed by atoms with E-state index in [1.807, 2.05) is 6.92 Å². The molecule has 1 unspecified atom stereocenters. The number of nitrogens with one attached hydrogen (secondary N) is 1. The fourth-order valence-corrected chi connectivity index (χ4v) is 1.18. The van der Waals surface area contributed by atoms with Crippen LogP contribution in [0.25, 0.3) is 0 Å². The molecule has 0 saturated carbocycles. The van der Waals surface area contributed by atoms with Crippen molar-refractivity contribution >= 4 is 0 Å². The van der Waals surface area contributed by atoms with Crippen molar-refractivity contribution in [3.63, 3.8) is 0 Å². The zero-order valence-electron chi connectivity index (χ0n) is 8.06. The maximum absolute atomic E-state index is 13.1. The predicted molar refractivity (Wildman–Crippen MR) is 50.3 cm³/mol. The highest BCUT2D eigenvalue weighted by atomic mass is 19.1. The predicted octanol–water partition coefficient (Wildman–Crippen LogP) is 2.12. The topological polar surface area (TPSA) is 32.3 Å². The summed E-state index contributed by atoms with van der Waals surface area (Å²) in [5.41, 5.74) is 1.05. The van der Waals surface area contributed by atoms with Crippen molar-refractivity contribution in [2.24, 2.45) is 0 Å². The first kappa shape index (κ1) is 9.99. The van der Waals surface area contributed by atoms with Gasteiger partial charge in [0.2, 0.25) is 0 Å². The number of rotatable bonds is 2. The molecule has 1 aromatic carbocycles. The first-order chi connectivity index (χ1) is 6.06. The number of halogens is 1. The van der Waals surface area contributed by atoms with E-state index in [-0.39, 0.29) is 17.6 Å². The molecule has 2 N–H and O–H groups in total. The molecule has 0 heterocycles. The van der Waals surface area contributed by atoms with Crippen LogP contribution in [0.15, 0.2) is 12.1 Å². The summed E-state index contributed by atoms with van der Waals surface area (Å²) in [5.74, 6) is -0.143. The fourth-order valence-electron chi connectivity index (χ4n) is 1.18. The van der Waals surface area contributed by atoms with E-state index in [0.717, 1.165) is 0 Å². The van der Waals surface area contributed by atoms with E-state index in [0.29, 0.717) is 11.1 Å². The van der Waals surface area contributed by atoms with Gasteiger partial charge in [-0.3, -0.25) is 0 Å². The first-order valence-electron chi connectivity index (χ1n) is 4.22. The third-order valence-corrected chi connectivity index (χ3v) is 2.21. The van der Waals surface area contributed by atoms with Crippen LogP contribution in [0, 0.1) is 12.7 Å². The molecule has 0 saturated heterocycles. The van der Waals surface area contributed by atoms with Crippen LogP contribution in [0.5, 0.6) is 5.75 Å². The van der Waals surface area contributed by atoms with E-state index in [1.165, 1.54) is 12.1 Å². The van der Waals surface area contributed by atoms with Crippen LogP contribution in [0.1, 0.15) is 24.1 Å². The summed E-state index contributed by atoms with van der Waals surface area (Å²) in [7, 11) is 1.77. The Labute approximate surface area is 77.4 Å². The molecular formula is C10H14FNO. The van der Waals surface area contributed by atoms with Crippen molar-refractivity contribution in [3.8, 4) is 5.75 Å². The lowest BCUT2D eigenvalue weighted by Crippen LogP contribution is -2.12. The minimum absolute atomic E-state index is 0.0462. The van der Waals surface area contributed by atoms with E-state index in [4.69, 9.17) is 0 Å². The Kier molecular flexibility index (Phi) is 2.88. The van der Waals surface area contributed by atoms with Gasteiger partial charge in [0.1, 0.15) is 11.6 Å². The molecular weight excluding hydrogens is 169 g/mol. The molecule has 0 spiro atoms. The molecule has 2 nitrogen and oxygen atoms in total. The van der Waals surface area contributed by atoms with Crippen LogP contribution >= 0.6 is 0 Å². The van der Waals surface area contributed by atoms with Crippen LogP contribution in [-0.4, -0.2) is 12.2 Å². The van der Waals surface area contributed by atoms with Crippen LogP contribution in [0.4, 0.5) is 4.39 Å². The second-order valence-corrected chi connectivity index (χ2v) is 3.17. The zero-order valence-corrected chi connectivity index (χ0v) is 8.06. The third-order valence-electron chi connectivity index (χ3n) is 2.21. The van der Waals surface area contributed by atoms with Gasteiger partial charge in [-0.1, -0.05) is 0 Å². The number of aromatic hydroxyl groups is 1.